The van der Waals surface area contributed by atoms with E-state index in [1.807, 2.05) is 23.1 Å². The molecule has 1 N–H and O–H groups in total. The van der Waals surface area contributed by atoms with Gasteiger partial charge in [-0.25, -0.2) is 0 Å². The van der Waals surface area contributed by atoms with Gasteiger partial charge < -0.3 is 10.2 Å². The number of anilines is 1. The fourth-order valence-electron chi connectivity index (χ4n) is 3.07. The van der Waals surface area contributed by atoms with Crippen molar-refractivity contribution >= 4 is 22.4 Å². The molecular weight excluding hydrogens is 236 g/mol. The van der Waals surface area contributed by atoms with Crippen molar-refractivity contribution in [2.45, 2.75) is 6.42 Å². The van der Waals surface area contributed by atoms with Crippen LogP contribution in [0, 0.1) is 5.92 Å². The van der Waals surface area contributed by atoms with Crippen LogP contribution in [0.5, 0.6) is 0 Å². The van der Waals surface area contributed by atoms with E-state index in [1.54, 1.807) is 0 Å². The average molecular weight is 252 g/mol. The number of hydrogen-bond acceptors (Lipinski definition) is 2. The Morgan fingerprint density at radius 2 is 1.95 bits per heavy atom. The molecule has 0 bridgehead atoms. The van der Waals surface area contributed by atoms with Crippen LogP contribution in [0.15, 0.2) is 36.4 Å². The van der Waals surface area contributed by atoms with E-state index in [9.17, 15) is 4.79 Å². The van der Waals surface area contributed by atoms with E-state index in [-0.39, 0.29) is 5.91 Å². The summed E-state index contributed by atoms with van der Waals surface area (Å²) in [5.41, 5.74) is 1.95. The van der Waals surface area contributed by atoms with Gasteiger partial charge in [-0.15, -0.1) is 0 Å². The van der Waals surface area contributed by atoms with Crippen LogP contribution in [0.3, 0.4) is 0 Å². The first-order chi connectivity index (χ1) is 9.34. The van der Waals surface area contributed by atoms with E-state index in [1.165, 1.54) is 0 Å². The third kappa shape index (κ3) is 1.58. The van der Waals surface area contributed by atoms with Gasteiger partial charge in [-0.2, -0.15) is 0 Å². The molecule has 0 atom stereocenters. The van der Waals surface area contributed by atoms with Crippen molar-refractivity contribution in [1.29, 1.82) is 0 Å². The topological polar surface area (TPSA) is 32.3 Å². The summed E-state index contributed by atoms with van der Waals surface area (Å²) in [7, 11) is 0. The molecule has 1 amide bonds. The third-order valence-electron chi connectivity index (χ3n) is 4.28. The highest BCUT2D eigenvalue weighted by atomic mass is 16.2. The number of carbonyl (C=O) groups is 1. The Kier molecular flexibility index (Phi) is 2.35. The van der Waals surface area contributed by atoms with Gasteiger partial charge in [-0.05, 0) is 42.9 Å². The Labute approximate surface area is 112 Å². The molecule has 3 heteroatoms. The first kappa shape index (κ1) is 11.0. The molecule has 1 saturated heterocycles. The summed E-state index contributed by atoms with van der Waals surface area (Å²) < 4.78 is 0. The van der Waals surface area contributed by atoms with Gasteiger partial charge in [0, 0.05) is 17.5 Å². The van der Waals surface area contributed by atoms with Crippen molar-refractivity contribution in [3.63, 3.8) is 0 Å². The minimum Gasteiger partial charge on any atom is -0.316 e. The maximum Gasteiger partial charge on any atom is 0.258 e. The second kappa shape index (κ2) is 4.07. The van der Waals surface area contributed by atoms with Gasteiger partial charge in [-0.1, -0.05) is 24.3 Å². The van der Waals surface area contributed by atoms with Crippen LogP contribution in [0.2, 0.25) is 0 Å². The highest BCUT2D eigenvalue weighted by Gasteiger charge is 2.30. The van der Waals surface area contributed by atoms with E-state index in [0.29, 0.717) is 0 Å². The van der Waals surface area contributed by atoms with Gasteiger partial charge in [-0.3, -0.25) is 4.79 Å². The largest absolute Gasteiger partial charge is 0.316 e. The molecule has 0 unspecified atom stereocenters. The van der Waals surface area contributed by atoms with Crippen molar-refractivity contribution < 1.29 is 4.79 Å². The Hall–Kier alpha value is -1.87. The highest BCUT2D eigenvalue weighted by molar-refractivity contribution is 6.24. The van der Waals surface area contributed by atoms with Crippen LogP contribution in [-0.4, -0.2) is 25.5 Å². The Balaban J connectivity index is 1.71. The highest BCUT2D eigenvalue weighted by Crippen LogP contribution is 2.37. The van der Waals surface area contributed by atoms with Gasteiger partial charge in [0.05, 0.1) is 5.69 Å². The average Bonchev–Trinajstić information content (AvgIpc) is 2.65. The maximum absolute atomic E-state index is 12.5. The second-order valence-electron chi connectivity index (χ2n) is 5.45. The van der Waals surface area contributed by atoms with Crippen molar-refractivity contribution in [3.05, 3.63) is 42.0 Å². The molecule has 2 heterocycles. The quantitative estimate of drug-likeness (QED) is 0.909. The standard InChI is InChI=1S/C16H16N2O/c19-16-13-5-1-3-12-4-2-6-14(15(12)13)18(16)8-7-11-9-17-10-11/h1-6,11,17H,7-10H2. The zero-order valence-electron chi connectivity index (χ0n) is 10.7. The number of rotatable bonds is 3. The third-order valence-corrected chi connectivity index (χ3v) is 4.28. The van der Waals surface area contributed by atoms with Crippen LogP contribution in [0.1, 0.15) is 16.8 Å². The summed E-state index contributed by atoms with van der Waals surface area (Å²) in [6.07, 6.45) is 1.09. The van der Waals surface area contributed by atoms with Gasteiger partial charge in [0.2, 0.25) is 0 Å². The van der Waals surface area contributed by atoms with Gasteiger partial charge in [0.1, 0.15) is 0 Å². The van der Waals surface area contributed by atoms with Crippen molar-refractivity contribution in [2.24, 2.45) is 5.92 Å². The molecule has 0 saturated carbocycles. The number of benzene rings is 2. The summed E-state index contributed by atoms with van der Waals surface area (Å²) in [6.45, 7) is 3.03. The van der Waals surface area contributed by atoms with Gasteiger partial charge >= 0.3 is 0 Å². The van der Waals surface area contributed by atoms with Crippen LogP contribution >= 0.6 is 0 Å². The number of hydrogen-bond donors (Lipinski definition) is 1. The Morgan fingerprint density at radius 3 is 2.68 bits per heavy atom. The first-order valence-corrected chi connectivity index (χ1v) is 6.89. The lowest BCUT2D eigenvalue weighted by Crippen LogP contribution is -2.44. The van der Waals surface area contributed by atoms with E-state index in [2.05, 4.69) is 23.5 Å². The molecule has 2 aromatic rings. The molecule has 0 aromatic heterocycles. The van der Waals surface area contributed by atoms with Crippen molar-refractivity contribution in [3.8, 4) is 0 Å². The molecule has 0 aliphatic carbocycles. The molecule has 4 rings (SSSR count). The van der Waals surface area contributed by atoms with Crippen molar-refractivity contribution in [1.82, 2.24) is 5.32 Å². The zero-order valence-corrected chi connectivity index (χ0v) is 10.7. The van der Waals surface area contributed by atoms with Gasteiger partial charge in [0.25, 0.3) is 5.91 Å². The molecule has 96 valence electrons. The zero-order chi connectivity index (χ0) is 12.8. The molecule has 1 fully saturated rings. The molecule has 2 aliphatic rings. The summed E-state index contributed by atoms with van der Waals surface area (Å²) >= 11 is 0. The Morgan fingerprint density at radius 1 is 1.16 bits per heavy atom. The summed E-state index contributed by atoms with van der Waals surface area (Å²) in [4.78, 5) is 14.5. The van der Waals surface area contributed by atoms with E-state index < -0.39 is 0 Å². The fourth-order valence-corrected chi connectivity index (χ4v) is 3.07. The lowest BCUT2D eigenvalue weighted by molar-refractivity contribution is 0.0991. The van der Waals surface area contributed by atoms with Crippen LogP contribution in [0.4, 0.5) is 5.69 Å². The predicted molar refractivity (Wildman–Crippen MR) is 76.6 cm³/mol. The number of amides is 1. The fraction of sp³-hybridized carbons (Fsp3) is 0.312. The summed E-state index contributed by atoms with van der Waals surface area (Å²) in [5.74, 6) is 0.898. The van der Waals surface area contributed by atoms with Crippen LogP contribution < -0.4 is 10.2 Å². The first-order valence-electron chi connectivity index (χ1n) is 6.89. The van der Waals surface area contributed by atoms with Crippen LogP contribution in [0.25, 0.3) is 10.8 Å². The lowest BCUT2D eigenvalue weighted by Gasteiger charge is -2.29. The molecule has 2 aromatic carbocycles. The predicted octanol–water partition coefficient (Wildman–Crippen LogP) is 2.41. The summed E-state index contributed by atoms with van der Waals surface area (Å²) in [5, 5.41) is 5.57. The molecule has 2 aliphatic heterocycles. The number of carbonyl (C=O) groups excluding carboxylic acids is 1. The van der Waals surface area contributed by atoms with E-state index >= 15 is 0 Å². The molecule has 0 radical (unpaired) electrons. The van der Waals surface area contributed by atoms with Gasteiger partial charge in [0.15, 0.2) is 0 Å². The second-order valence-corrected chi connectivity index (χ2v) is 5.45. The smallest absolute Gasteiger partial charge is 0.258 e. The Bertz CT molecular complexity index is 656. The van der Waals surface area contributed by atoms with Crippen molar-refractivity contribution in [2.75, 3.05) is 24.5 Å². The maximum atomic E-state index is 12.5. The molecule has 0 spiro atoms. The van der Waals surface area contributed by atoms with E-state index in [4.69, 9.17) is 0 Å². The molecular formula is C16H16N2O. The monoisotopic (exact) mass is 252 g/mol. The van der Waals surface area contributed by atoms with Crippen LogP contribution in [-0.2, 0) is 0 Å². The minimum absolute atomic E-state index is 0.166. The summed E-state index contributed by atoms with van der Waals surface area (Å²) in [6, 6.07) is 12.2. The number of nitrogens with one attached hydrogen (secondary N) is 1. The number of nitrogens with zero attached hydrogens (tertiary/aromatic N) is 1. The SMILES string of the molecule is O=C1c2cccc3cccc(c23)N1CCC1CNC1. The molecule has 19 heavy (non-hydrogen) atoms. The minimum atomic E-state index is 0.166. The lowest BCUT2D eigenvalue weighted by atomic mass is 9.99. The molecule has 3 nitrogen and oxygen atoms in total. The van der Waals surface area contributed by atoms with E-state index in [0.717, 1.165) is 54.0 Å². The normalized spacial score (nSPS) is 18.1.